The number of amides is 1. The summed E-state index contributed by atoms with van der Waals surface area (Å²) in [6.07, 6.45) is -0.518. The molecule has 1 fully saturated rings. The zero-order valence-corrected chi connectivity index (χ0v) is 18.7. The Hall–Kier alpha value is -0.930. The average molecular weight is 480 g/mol. The van der Waals surface area contributed by atoms with Crippen molar-refractivity contribution in [2.75, 3.05) is 19.7 Å². The van der Waals surface area contributed by atoms with E-state index in [4.69, 9.17) is 21.1 Å². The van der Waals surface area contributed by atoms with Crippen LogP contribution in [0.3, 0.4) is 0 Å². The molecule has 156 valence electrons. The monoisotopic (exact) mass is 478 g/mol. The van der Waals surface area contributed by atoms with Crippen LogP contribution in [0.2, 0.25) is 5.02 Å². The Bertz CT molecular complexity index is 773. The van der Waals surface area contributed by atoms with Crippen LogP contribution in [0.25, 0.3) is 0 Å². The van der Waals surface area contributed by atoms with E-state index < -0.39 is 17.8 Å². The van der Waals surface area contributed by atoms with Crippen LogP contribution in [0.5, 0.6) is 5.75 Å². The molecule has 1 aromatic carbocycles. The van der Waals surface area contributed by atoms with Crippen LogP contribution in [-0.4, -0.2) is 64.6 Å². The number of fused-ring (bicyclic) bond motifs is 2. The Morgan fingerprint density at radius 1 is 1.43 bits per heavy atom. The molecule has 1 N–H and O–H groups in total. The third-order valence-corrected chi connectivity index (χ3v) is 6.30. The molecule has 3 rings (SSSR count). The Balaban J connectivity index is 1.88. The second-order valence-electron chi connectivity index (χ2n) is 8.21. The average Bonchev–Trinajstić information content (AvgIpc) is 2.59. The maximum absolute atomic E-state index is 14.2. The molecule has 0 aromatic heterocycles. The molecule has 1 amide bonds. The number of piperazine rings is 1. The van der Waals surface area contributed by atoms with E-state index >= 15 is 0 Å². The van der Waals surface area contributed by atoms with Crippen molar-refractivity contribution in [2.45, 2.75) is 58.2 Å². The molecule has 1 saturated heterocycles. The number of benzene rings is 1. The fourth-order valence-corrected chi connectivity index (χ4v) is 4.12. The molecule has 0 spiro atoms. The van der Waals surface area contributed by atoms with Crippen molar-refractivity contribution in [3.63, 3.8) is 0 Å². The zero-order chi connectivity index (χ0) is 20.8. The molecule has 0 radical (unpaired) electrons. The summed E-state index contributed by atoms with van der Waals surface area (Å²) in [7, 11) is 0. The van der Waals surface area contributed by atoms with Gasteiger partial charge in [0.1, 0.15) is 10.8 Å². The molecule has 2 aliphatic heterocycles. The van der Waals surface area contributed by atoms with Gasteiger partial charge < -0.3 is 19.5 Å². The van der Waals surface area contributed by atoms with Gasteiger partial charge in [0.15, 0.2) is 5.75 Å². The van der Waals surface area contributed by atoms with Crippen molar-refractivity contribution in [2.24, 2.45) is 0 Å². The summed E-state index contributed by atoms with van der Waals surface area (Å²) < 4.78 is 25.7. The van der Waals surface area contributed by atoms with E-state index in [-0.39, 0.29) is 38.8 Å². The van der Waals surface area contributed by atoms with Gasteiger partial charge in [-0.2, -0.15) is 0 Å². The third-order valence-electron chi connectivity index (χ3n) is 4.94. The summed E-state index contributed by atoms with van der Waals surface area (Å²) in [5.41, 5.74) is -0.390. The molecule has 1 unspecified atom stereocenters. The highest BCUT2D eigenvalue weighted by molar-refractivity contribution is 9.10. The van der Waals surface area contributed by atoms with Gasteiger partial charge in [-0.05, 0) is 49.7 Å². The lowest BCUT2D eigenvalue weighted by molar-refractivity contribution is -0.256. The second kappa shape index (κ2) is 8.07. The maximum Gasteiger partial charge on any atom is 0.258 e. The number of rotatable bonds is 2. The summed E-state index contributed by atoms with van der Waals surface area (Å²) >= 11 is 9.29. The van der Waals surface area contributed by atoms with Crippen LogP contribution in [0.1, 0.15) is 44.5 Å². The summed E-state index contributed by atoms with van der Waals surface area (Å²) in [5.74, 6) is -0.742. The van der Waals surface area contributed by atoms with E-state index in [1.165, 1.54) is 0 Å². The molecule has 2 aliphatic rings. The molecule has 2 heterocycles. The first-order valence-electron chi connectivity index (χ1n) is 9.22. The van der Waals surface area contributed by atoms with Gasteiger partial charge in [-0.15, -0.1) is 0 Å². The lowest BCUT2D eigenvalue weighted by atomic mass is 10.0. The molecule has 6 nitrogen and oxygen atoms in total. The SMILES string of the molecule is C[C@@H]1CN2C(=O)c3cc(F)c(Br)c(Cl)c3OCC[C@H]2CN1C(O)OC(C)(C)C. The number of aliphatic hydroxyl groups excluding tert-OH is 1. The number of hydrogen-bond donors (Lipinski definition) is 1. The van der Waals surface area contributed by atoms with Crippen LogP contribution in [-0.2, 0) is 4.74 Å². The summed E-state index contributed by atoms with van der Waals surface area (Å²) in [6.45, 7) is 8.66. The minimum atomic E-state index is -1.08. The minimum Gasteiger partial charge on any atom is -0.491 e. The highest BCUT2D eigenvalue weighted by Gasteiger charge is 2.40. The van der Waals surface area contributed by atoms with Crippen molar-refractivity contribution < 1.29 is 23.8 Å². The highest BCUT2D eigenvalue weighted by Crippen LogP contribution is 2.40. The standard InChI is InChI=1S/C19H25BrClFN2O4/c1-10-8-24-11(9-23(10)18(26)28-19(2,3)4)5-6-27-16-12(17(24)25)7-13(22)14(20)15(16)21/h7,10-11,18,26H,5-6,8-9H2,1-4H3/t10-,11+,18?/m1/s1. The number of halogens is 3. The number of ether oxygens (including phenoxy) is 2. The van der Waals surface area contributed by atoms with Gasteiger partial charge in [0, 0.05) is 31.6 Å². The van der Waals surface area contributed by atoms with Gasteiger partial charge >= 0.3 is 0 Å². The normalized spacial score (nSPS) is 24.7. The molecular formula is C19H25BrClFN2O4. The van der Waals surface area contributed by atoms with Crippen molar-refractivity contribution in [3.8, 4) is 5.75 Å². The predicted molar refractivity (Wildman–Crippen MR) is 107 cm³/mol. The fraction of sp³-hybridized carbons (Fsp3) is 0.632. The first-order chi connectivity index (χ1) is 13.0. The van der Waals surface area contributed by atoms with Crippen LogP contribution in [0.4, 0.5) is 4.39 Å². The molecule has 0 saturated carbocycles. The van der Waals surface area contributed by atoms with E-state index in [0.717, 1.165) is 6.07 Å². The lowest BCUT2D eigenvalue weighted by Gasteiger charge is -2.48. The Kier molecular flexibility index (Phi) is 6.27. The first kappa shape index (κ1) is 21.8. The van der Waals surface area contributed by atoms with E-state index in [0.29, 0.717) is 26.1 Å². The Morgan fingerprint density at radius 2 is 2.11 bits per heavy atom. The van der Waals surface area contributed by atoms with Crippen molar-refractivity contribution >= 4 is 33.4 Å². The van der Waals surface area contributed by atoms with Crippen molar-refractivity contribution in [1.29, 1.82) is 0 Å². The first-order valence-corrected chi connectivity index (χ1v) is 10.4. The molecule has 3 atom stereocenters. The summed E-state index contributed by atoms with van der Waals surface area (Å²) in [6, 6.07) is 0.822. The fourth-order valence-electron chi connectivity index (χ4n) is 3.58. The van der Waals surface area contributed by atoms with Gasteiger partial charge in [0.05, 0.1) is 22.2 Å². The number of carbonyl (C=O) groups is 1. The lowest BCUT2D eigenvalue weighted by Crippen LogP contribution is -2.62. The second-order valence-corrected chi connectivity index (χ2v) is 9.38. The van der Waals surface area contributed by atoms with Gasteiger partial charge in [-0.25, -0.2) is 9.29 Å². The largest absolute Gasteiger partial charge is 0.491 e. The number of hydrogen-bond acceptors (Lipinski definition) is 5. The zero-order valence-electron chi connectivity index (χ0n) is 16.3. The summed E-state index contributed by atoms with van der Waals surface area (Å²) in [5, 5.41) is 10.6. The summed E-state index contributed by atoms with van der Waals surface area (Å²) in [4.78, 5) is 16.7. The third kappa shape index (κ3) is 4.31. The van der Waals surface area contributed by atoms with Crippen molar-refractivity contribution in [1.82, 2.24) is 9.80 Å². The van der Waals surface area contributed by atoms with E-state index in [2.05, 4.69) is 15.9 Å². The van der Waals surface area contributed by atoms with Crippen LogP contribution in [0.15, 0.2) is 10.5 Å². The maximum atomic E-state index is 14.2. The van der Waals surface area contributed by atoms with Crippen molar-refractivity contribution in [3.05, 3.63) is 26.9 Å². The predicted octanol–water partition coefficient (Wildman–Crippen LogP) is 3.63. The molecule has 0 bridgehead atoms. The number of aliphatic hydroxyl groups is 1. The van der Waals surface area contributed by atoms with Crippen LogP contribution in [0, 0.1) is 5.82 Å². The molecular weight excluding hydrogens is 455 g/mol. The number of nitrogens with zero attached hydrogens (tertiary/aromatic N) is 2. The Labute approximate surface area is 177 Å². The van der Waals surface area contributed by atoms with Gasteiger partial charge in [-0.1, -0.05) is 11.6 Å². The smallest absolute Gasteiger partial charge is 0.258 e. The quantitative estimate of drug-likeness (QED) is 0.518. The highest BCUT2D eigenvalue weighted by atomic mass is 79.9. The van der Waals surface area contributed by atoms with E-state index in [9.17, 15) is 14.3 Å². The van der Waals surface area contributed by atoms with E-state index in [1.54, 1.807) is 4.90 Å². The minimum absolute atomic E-state index is 0.0579. The Morgan fingerprint density at radius 3 is 2.75 bits per heavy atom. The van der Waals surface area contributed by atoms with Gasteiger partial charge in [0.2, 0.25) is 6.41 Å². The molecule has 1 aromatic rings. The van der Waals surface area contributed by atoms with Crippen LogP contribution < -0.4 is 4.74 Å². The molecule has 9 heteroatoms. The van der Waals surface area contributed by atoms with Gasteiger partial charge in [-0.3, -0.25) is 4.79 Å². The van der Waals surface area contributed by atoms with Gasteiger partial charge in [0.25, 0.3) is 5.91 Å². The molecule has 28 heavy (non-hydrogen) atoms. The van der Waals surface area contributed by atoms with Crippen LogP contribution >= 0.6 is 27.5 Å². The topological polar surface area (TPSA) is 62.2 Å². The molecule has 0 aliphatic carbocycles. The number of carbonyl (C=O) groups excluding carboxylic acids is 1. The van der Waals surface area contributed by atoms with E-state index in [1.807, 2.05) is 32.6 Å².